The monoisotopic (exact) mass is 353 g/mol. The standard InChI is InChI=1S/C16H16ClNO4S/c1-10(15(19)18-9-12-4-3-7-23-12)22-16(20)13-8-11(17)5-6-14(13)21-2/h3-8,10H,9H2,1-2H3,(H,18,19)/t10-/m0/s1. The van der Waals surface area contributed by atoms with Crippen LogP contribution in [0.3, 0.4) is 0 Å². The van der Waals surface area contributed by atoms with E-state index in [1.165, 1.54) is 20.1 Å². The predicted molar refractivity (Wildman–Crippen MR) is 89.0 cm³/mol. The average Bonchev–Trinajstić information content (AvgIpc) is 3.05. The highest BCUT2D eigenvalue weighted by atomic mass is 35.5. The number of esters is 1. The molecule has 0 saturated heterocycles. The summed E-state index contributed by atoms with van der Waals surface area (Å²) in [6.45, 7) is 1.91. The fraction of sp³-hybridized carbons (Fsp3) is 0.250. The minimum atomic E-state index is -0.925. The number of rotatable bonds is 6. The van der Waals surface area contributed by atoms with Gasteiger partial charge in [0.05, 0.1) is 13.7 Å². The zero-order valence-electron chi connectivity index (χ0n) is 12.7. The molecule has 1 N–H and O–H groups in total. The molecule has 23 heavy (non-hydrogen) atoms. The number of hydrogen-bond donors (Lipinski definition) is 1. The first-order chi connectivity index (χ1) is 11.0. The van der Waals surface area contributed by atoms with E-state index >= 15 is 0 Å². The van der Waals surface area contributed by atoms with Crippen LogP contribution in [-0.4, -0.2) is 25.1 Å². The van der Waals surface area contributed by atoms with Gasteiger partial charge in [-0.15, -0.1) is 11.3 Å². The zero-order valence-corrected chi connectivity index (χ0v) is 14.2. The Labute approximate surface area is 143 Å². The summed E-state index contributed by atoms with van der Waals surface area (Å²) in [5, 5.41) is 5.03. The summed E-state index contributed by atoms with van der Waals surface area (Å²) < 4.78 is 10.3. The van der Waals surface area contributed by atoms with Crippen LogP contribution in [0.1, 0.15) is 22.2 Å². The highest BCUT2D eigenvalue weighted by Gasteiger charge is 2.21. The number of carbonyl (C=O) groups is 2. The van der Waals surface area contributed by atoms with Crippen molar-refractivity contribution in [2.75, 3.05) is 7.11 Å². The molecule has 0 radical (unpaired) electrons. The molecular formula is C16H16ClNO4S. The maximum Gasteiger partial charge on any atom is 0.342 e. The number of nitrogens with one attached hydrogen (secondary N) is 1. The summed E-state index contributed by atoms with van der Waals surface area (Å²) in [6, 6.07) is 8.44. The fourth-order valence-electron chi connectivity index (χ4n) is 1.85. The normalized spacial score (nSPS) is 11.6. The van der Waals surface area contributed by atoms with Gasteiger partial charge in [0.1, 0.15) is 11.3 Å². The highest BCUT2D eigenvalue weighted by Crippen LogP contribution is 2.23. The summed E-state index contributed by atoms with van der Waals surface area (Å²) in [6.07, 6.45) is -0.925. The summed E-state index contributed by atoms with van der Waals surface area (Å²) in [5.74, 6) is -0.693. The van der Waals surface area contributed by atoms with E-state index in [1.54, 1.807) is 23.5 Å². The van der Waals surface area contributed by atoms with Crippen molar-refractivity contribution in [3.63, 3.8) is 0 Å². The molecule has 1 atom stereocenters. The van der Waals surface area contributed by atoms with E-state index in [0.717, 1.165) is 4.88 Å². The van der Waals surface area contributed by atoms with Crippen LogP contribution < -0.4 is 10.1 Å². The SMILES string of the molecule is COc1ccc(Cl)cc1C(=O)O[C@@H](C)C(=O)NCc1cccs1. The van der Waals surface area contributed by atoms with E-state index < -0.39 is 12.1 Å². The van der Waals surface area contributed by atoms with Gasteiger partial charge in [0.25, 0.3) is 5.91 Å². The van der Waals surface area contributed by atoms with Crippen LogP contribution >= 0.6 is 22.9 Å². The lowest BCUT2D eigenvalue weighted by atomic mass is 10.2. The number of amides is 1. The Morgan fingerprint density at radius 3 is 2.78 bits per heavy atom. The Bertz CT molecular complexity index is 687. The Kier molecular flexibility index (Phi) is 6.01. The molecule has 0 aliphatic rings. The highest BCUT2D eigenvalue weighted by molar-refractivity contribution is 7.09. The molecule has 1 amide bonds. The Morgan fingerprint density at radius 2 is 2.13 bits per heavy atom. The topological polar surface area (TPSA) is 64.6 Å². The first-order valence-electron chi connectivity index (χ1n) is 6.86. The van der Waals surface area contributed by atoms with E-state index in [2.05, 4.69) is 5.32 Å². The molecule has 1 aromatic heterocycles. The van der Waals surface area contributed by atoms with Gasteiger partial charge in [0, 0.05) is 9.90 Å². The van der Waals surface area contributed by atoms with Crippen LogP contribution in [0.5, 0.6) is 5.75 Å². The molecule has 5 nitrogen and oxygen atoms in total. The van der Waals surface area contributed by atoms with Gasteiger partial charge in [-0.2, -0.15) is 0 Å². The van der Waals surface area contributed by atoms with Crippen molar-refractivity contribution in [2.24, 2.45) is 0 Å². The second kappa shape index (κ2) is 7.99. The lowest BCUT2D eigenvalue weighted by Crippen LogP contribution is -2.35. The fourth-order valence-corrected chi connectivity index (χ4v) is 2.67. The van der Waals surface area contributed by atoms with E-state index in [4.69, 9.17) is 21.1 Å². The van der Waals surface area contributed by atoms with Crippen molar-refractivity contribution in [1.82, 2.24) is 5.32 Å². The van der Waals surface area contributed by atoms with Gasteiger partial charge in [0.2, 0.25) is 0 Å². The second-order valence-corrected chi connectivity index (χ2v) is 6.16. The van der Waals surface area contributed by atoms with Crippen LogP contribution in [0.2, 0.25) is 5.02 Å². The van der Waals surface area contributed by atoms with E-state index in [-0.39, 0.29) is 11.5 Å². The molecule has 0 aliphatic carbocycles. The molecule has 2 aromatic rings. The minimum absolute atomic E-state index is 0.179. The number of halogens is 1. The van der Waals surface area contributed by atoms with Crippen molar-refractivity contribution in [3.05, 3.63) is 51.2 Å². The first kappa shape index (κ1) is 17.3. The second-order valence-electron chi connectivity index (χ2n) is 4.69. The number of methoxy groups -OCH3 is 1. The average molecular weight is 354 g/mol. The third kappa shape index (κ3) is 4.71. The molecule has 7 heteroatoms. The number of benzene rings is 1. The molecule has 0 spiro atoms. The van der Waals surface area contributed by atoms with Crippen LogP contribution in [0.25, 0.3) is 0 Å². The molecule has 0 saturated carbocycles. The molecule has 0 fully saturated rings. The summed E-state index contributed by atoms with van der Waals surface area (Å²) >= 11 is 7.42. The van der Waals surface area contributed by atoms with Crippen molar-refractivity contribution < 1.29 is 19.1 Å². The number of hydrogen-bond acceptors (Lipinski definition) is 5. The lowest BCUT2D eigenvalue weighted by molar-refractivity contribution is -0.129. The Balaban J connectivity index is 1.96. The zero-order chi connectivity index (χ0) is 16.8. The van der Waals surface area contributed by atoms with Gasteiger partial charge < -0.3 is 14.8 Å². The number of carbonyl (C=O) groups excluding carboxylic acids is 2. The van der Waals surface area contributed by atoms with Gasteiger partial charge >= 0.3 is 5.97 Å². The predicted octanol–water partition coefficient (Wildman–Crippen LogP) is 3.27. The van der Waals surface area contributed by atoms with Crippen molar-refractivity contribution in [1.29, 1.82) is 0 Å². The molecule has 0 aliphatic heterocycles. The maximum atomic E-state index is 12.2. The van der Waals surface area contributed by atoms with E-state index in [9.17, 15) is 9.59 Å². The lowest BCUT2D eigenvalue weighted by Gasteiger charge is -2.14. The van der Waals surface area contributed by atoms with Gasteiger partial charge in [-0.05, 0) is 36.6 Å². The molecule has 1 aromatic carbocycles. The number of ether oxygens (including phenoxy) is 2. The third-order valence-electron chi connectivity index (χ3n) is 3.05. The quantitative estimate of drug-likeness (QED) is 0.809. The summed E-state index contributed by atoms with van der Waals surface area (Å²) in [5.41, 5.74) is 0.179. The van der Waals surface area contributed by atoms with Crippen molar-refractivity contribution in [2.45, 2.75) is 19.6 Å². The smallest absolute Gasteiger partial charge is 0.342 e. The molecule has 122 valence electrons. The van der Waals surface area contributed by atoms with Crippen molar-refractivity contribution >= 4 is 34.8 Å². The molecular weight excluding hydrogens is 338 g/mol. The summed E-state index contributed by atoms with van der Waals surface area (Å²) in [7, 11) is 1.44. The van der Waals surface area contributed by atoms with Crippen LogP contribution in [0.4, 0.5) is 0 Å². The van der Waals surface area contributed by atoms with Crippen LogP contribution in [0, 0.1) is 0 Å². The molecule has 0 bridgehead atoms. The molecule has 2 rings (SSSR count). The first-order valence-corrected chi connectivity index (χ1v) is 8.11. The Morgan fingerprint density at radius 1 is 1.35 bits per heavy atom. The number of thiophene rings is 1. The van der Waals surface area contributed by atoms with Crippen molar-refractivity contribution in [3.8, 4) is 5.75 Å². The van der Waals surface area contributed by atoms with Gasteiger partial charge in [-0.3, -0.25) is 4.79 Å². The summed E-state index contributed by atoms with van der Waals surface area (Å²) in [4.78, 5) is 25.2. The van der Waals surface area contributed by atoms with Crippen LogP contribution in [0.15, 0.2) is 35.7 Å². The molecule has 1 heterocycles. The third-order valence-corrected chi connectivity index (χ3v) is 4.16. The van der Waals surface area contributed by atoms with Gasteiger partial charge in [-0.25, -0.2) is 4.79 Å². The van der Waals surface area contributed by atoms with Gasteiger partial charge in [0.15, 0.2) is 6.10 Å². The van der Waals surface area contributed by atoms with E-state index in [0.29, 0.717) is 17.3 Å². The Hall–Kier alpha value is -2.05. The van der Waals surface area contributed by atoms with Crippen LogP contribution in [-0.2, 0) is 16.1 Å². The minimum Gasteiger partial charge on any atom is -0.496 e. The largest absolute Gasteiger partial charge is 0.496 e. The van der Waals surface area contributed by atoms with E-state index in [1.807, 2.05) is 17.5 Å². The maximum absolute atomic E-state index is 12.2. The van der Waals surface area contributed by atoms with Gasteiger partial charge in [-0.1, -0.05) is 17.7 Å². The molecule has 0 unspecified atom stereocenters.